The fraction of sp³-hybridized carbons (Fsp3) is 0.636. The van der Waals surface area contributed by atoms with E-state index in [1.165, 1.54) is 4.57 Å². The molecule has 2 rings (SSSR count). The molecule has 0 amide bonds. The zero-order chi connectivity index (χ0) is 12.6. The van der Waals surface area contributed by atoms with Gasteiger partial charge in [0.25, 0.3) is 5.56 Å². The largest absolute Gasteiger partial charge is 0.494 e. The van der Waals surface area contributed by atoms with Crippen LogP contribution in [0.2, 0.25) is 0 Å². The molecule has 1 aliphatic heterocycles. The summed E-state index contributed by atoms with van der Waals surface area (Å²) in [6, 6.07) is -0.0122. The maximum absolute atomic E-state index is 11.8. The first kappa shape index (κ1) is 12.3. The van der Waals surface area contributed by atoms with Crippen LogP contribution in [-0.2, 0) is 0 Å². The molecule has 5 nitrogen and oxygen atoms in total. The maximum atomic E-state index is 11.8. The molecule has 1 aliphatic rings. The maximum Gasteiger partial charge on any atom is 0.331 e. The van der Waals surface area contributed by atoms with Crippen LogP contribution in [0.1, 0.15) is 37.8 Å². The van der Waals surface area contributed by atoms with Crippen molar-refractivity contribution in [2.75, 3.05) is 11.5 Å². The Kier molecular flexibility index (Phi) is 3.33. The van der Waals surface area contributed by atoms with Crippen molar-refractivity contribution in [3.8, 4) is 5.88 Å². The molecule has 94 valence electrons. The quantitative estimate of drug-likeness (QED) is 0.829. The average Bonchev–Trinajstić information content (AvgIpc) is 2.69. The molecule has 1 saturated heterocycles. The smallest absolute Gasteiger partial charge is 0.331 e. The first-order chi connectivity index (χ1) is 8.02. The van der Waals surface area contributed by atoms with Crippen LogP contribution >= 0.6 is 11.8 Å². The molecule has 1 aromatic heterocycles. The molecule has 0 bridgehead atoms. The molecule has 6 heteroatoms. The van der Waals surface area contributed by atoms with Gasteiger partial charge in [0.05, 0.1) is 11.6 Å². The zero-order valence-corrected chi connectivity index (χ0v) is 10.7. The minimum atomic E-state index is -0.510. The van der Waals surface area contributed by atoms with Crippen LogP contribution in [0.4, 0.5) is 0 Å². The number of nitrogens with one attached hydrogen (secondary N) is 1. The normalized spacial score (nSPS) is 20.1. The van der Waals surface area contributed by atoms with Crippen LogP contribution in [0.5, 0.6) is 5.88 Å². The van der Waals surface area contributed by atoms with Crippen molar-refractivity contribution in [1.29, 1.82) is 0 Å². The topological polar surface area (TPSA) is 75.1 Å². The molecule has 0 saturated carbocycles. The molecular formula is C11H16N2O3S. The third-order valence-corrected chi connectivity index (χ3v) is 4.15. The van der Waals surface area contributed by atoms with E-state index in [0.29, 0.717) is 5.56 Å². The Morgan fingerprint density at radius 2 is 2.18 bits per heavy atom. The van der Waals surface area contributed by atoms with Crippen molar-refractivity contribution in [3.63, 3.8) is 0 Å². The summed E-state index contributed by atoms with van der Waals surface area (Å²) in [5.74, 6) is 1.50. The lowest BCUT2D eigenvalue weighted by Crippen LogP contribution is -2.35. The lowest BCUT2D eigenvalue weighted by molar-refractivity contribution is 0.365. The molecule has 1 aromatic rings. The van der Waals surface area contributed by atoms with Crippen LogP contribution in [0, 0.1) is 0 Å². The number of aromatic hydroxyl groups is 1. The van der Waals surface area contributed by atoms with E-state index >= 15 is 0 Å². The first-order valence-corrected chi connectivity index (χ1v) is 6.83. The predicted molar refractivity (Wildman–Crippen MR) is 68.1 cm³/mol. The van der Waals surface area contributed by atoms with Gasteiger partial charge in [0.15, 0.2) is 0 Å². The summed E-state index contributed by atoms with van der Waals surface area (Å²) >= 11 is 1.75. The van der Waals surface area contributed by atoms with Gasteiger partial charge in [-0.05, 0) is 18.1 Å². The number of hydrogen-bond donors (Lipinski definition) is 2. The highest BCUT2D eigenvalue weighted by Crippen LogP contribution is 2.31. The summed E-state index contributed by atoms with van der Waals surface area (Å²) in [5, 5.41) is 10.1. The number of aromatic nitrogens is 2. The van der Waals surface area contributed by atoms with Gasteiger partial charge in [-0.3, -0.25) is 14.3 Å². The van der Waals surface area contributed by atoms with Crippen molar-refractivity contribution < 1.29 is 5.11 Å². The second-order valence-corrected chi connectivity index (χ2v) is 5.69. The summed E-state index contributed by atoms with van der Waals surface area (Å²) in [6.07, 6.45) is 0.849. The third-order valence-electron chi connectivity index (χ3n) is 3.00. The van der Waals surface area contributed by atoms with Gasteiger partial charge in [0.2, 0.25) is 5.88 Å². The molecule has 17 heavy (non-hydrogen) atoms. The van der Waals surface area contributed by atoms with E-state index in [2.05, 4.69) is 4.98 Å². The molecule has 0 radical (unpaired) electrons. The van der Waals surface area contributed by atoms with E-state index in [1.54, 1.807) is 11.8 Å². The number of hydrogen-bond acceptors (Lipinski definition) is 4. The number of rotatable bonds is 2. The average molecular weight is 256 g/mol. The Bertz CT molecular complexity index is 526. The number of nitrogens with zero attached hydrogens (tertiary/aromatic N) is 1. The monoisotopic (exact) mass is 256 g/mol. The Morgan fingerprint density at radius 3 is 2.71 bits per heavy atom. The molecule has 0 aromatic carbocycles. The summed E-state index contributed by atoms with van der Waals surface area (Å²) in [4.78, 5) is 25.7. The van der Waals surface area contributed by atoms with Crippen LogP contribution in [-0.4, -0.2) is 26.2 Å². The van der Waals surface area contributed by atoms with Crippen molar-refractivity contribution in [2.45, 2.75) is 32.2 Å². The molecule has 0 spiro atoms. The molecule has 0 aliphatic carbocycles. The Hall–Kier alpha value is -1.17. The number of aromatic amines is 1. The minimum absolute atomic E-state index is 0.0122. The van der Waals surface area contributed by atoms with E-state index < -0.39 is 11.2 Å². The fourth-order valence-corrected chi connectivity index (χ4v) is 3.33. The van der Waals surface area contributed by atoms with E-state index in [1.807, 2.05) is 13.8 Å². The van der Waals surface area contributed by atoms with Gasteiger partial charge in [-0.15, -0.1) is 0 Å². The van der Waals surface area contributed by atoms with Gasteiger partial charge < -0.3 is 5.11 Å². The standard InChI is InChI=1S/C11H16N2O3S/c1-6(2)8-9(14)12-11(16)13(10(8)15)7-3-4-17-5-7/h6-7,15H,3-5H2,1-2H3,(H,12,14,16). The van der Waals surface area contributed by atoms with E-state index in [-0.39, 0.29) is 17.8 Å². The van der Waals surface area contributed by atoms with Crippen molar-refractivity contribution >= 4 is 11.8 Å². The van der Waals surface area contributed by atoms with Crippen LogP contribution in [0.3, 0.4) is 0 Å². The summed E-state index contributed by atoms with van der Waals surface area (Å²) in [7, 11) is 0. The Morgan fingerprint density at radius 1 is 1.47 bits per heavy atom. The van der Waals surface area contributed by atoms with Crippen molar-refractivity contribution in [1.82, 2.24) is 9.55 Å². The molecule has 1 unspecified atom stereocenters. The SMILES string of the molecule is CC(C)c1c(O)n(C2CCSC2)c(=O)[nH]c1=O. The van der Waals surface area contributed by atoms with Gasteiger partial charge in [0.1, 0.15) is 0 Å². The molecular weight excluding hydrogens is 240 g/mol. The van der Waals surface area contributed by atoms with Crippen LogP contribution in [0.15, 0.2) is 9.59 Å². The highest BCUT2D eigenvalue weighted by molar-refractivity contribution is 7.99. The zero-order valence-electron chi connectivity index (χ0n) is 9.90. The summed E-state index contributed by atoms with van der Waals surface area (Å²) in [5.41, 5.74) is -0.699. The van der Waals surface area contributed by atoms with Crippen molar-refractivity contribution in [3.05, 3.63) is 26.4 Å². The first-order valence-electron chi connectivity index (χ1n) is 5.67. The van der Waals surface area contributed by atoms with Crippen LogP contribution < -0.4 is 11.2 Å². The predicted octanol–water partition coefficient (Wildman–Crippen LogP) is 1.04. The van der Waals surface area contributed by atoms with Gasteiger partial charge in [-0.25, -0.2) is 4.79 Å². The highest BCUT2D eigenvalue weighted by atomic mass is 32.2. The van der Waals surface area contributed by atoms with E-state index in [0.717, 1.165) is 17.9 Å². The highest BCUT2D eigenvalue weighted by Gasteiger charge is 2.25. The van der Waals surface area contributed by atoms with Crippen LogP contribution in [0.25, 0.3) is 0 Å². The van der Waals surface area contributed by atoms with Gasteiger partial charge in [0, 0.05) is 5.75 Å². The second kappa shape index (κ2) is 4.60. The summed E-state index contributed by atoms with van der Waals surface area (Å²) in [6.45, 7) is 3.64. The lowest BCUT2D eigenvalue weighted by Gasteiger charge is -2.17. The van der Waals surface area contributed by atoms with Crippen molar-refractivity contribution in [2.24, 2.45) is 0 Å². The second-order valence-electron chi connectivity index (χ2n) is 4.54. The molecule has 2 heterocycles. The Balaban J connectivity index is 2.62. The minimum Gasteiger partial charge on any atom is -0.494 e. The van der Waals surface area contributed by atoms with Gasteiger partial charge in [-0.1, -0.05) is 13.8 Å². The number of thioether (sulfide) groups is 1. The van der Waals surface area contributed by atoms with E-state index in [9.17, 15) is 14.7 Å². The summed E-state index contributed by atoms with van der Waals surface area (Å²) < 4.78 is 1.33. The molecule has 1 atom stereocenters. The number of H-pyrrole nitrogens is 1. The third kappa shape index (κ3) is 2.13. The van der Waals surface area contributed by atoms with E-state index in [4.69, 9.17) is 0 Å². The van der Waals surface area contributed by atoms with Gasteiger partial charge >= 0.3 is 5.69 Å². The van der Waals surface area contributed by atoms with Gasteiger partial charge in [-0.2, -0.15) is 11.8 Å². The molecule has 1 fully saturated rings. The molecule has 2 N–H and O–H groups in total. The Labute approximate surface area is 103 Å². The lowest BCUT2D eigenvalue weighted by atomic mass is 10.1. The fourth-order valence-electron chi connectivity index (χ4n) is 2.14.